The van der Waals surface area contributed by atoms with Crippen LogP contribution in [0.5, 0.6) is 5.75 Å². The van der Waals surface area contributed by atoms with Crippen molar-refractivity contribution in [1.82, 2.24) is 4.98 Å². The van der Waals surface area contributed by atoms with Crippen molar-refractivity contribution in [2.75, 3.05) is 0 Å². The van der Waals surface area contributed by atoms with Gasteiger partial charge in [-0.25, -0.2) is 0 Å². The predicted molar refractivity (Wildman–Crippen MR) is 63.7 cm³/mol. The highest BCUT2D eigenvalue weighted by Gasteiger charge is 2.50. The summed E-state index contributed by atoms with van der Waals surface area (Å²) in [6, 6.07) is 0. The van der Waals surface area contributed by atoms with Gasteiger partial charge >= 0.3 is 15.6 Å². The second kappa shape index (κ2) is 4.09. The predicted octanol–water partition coefficient (Wildman–Crippen LogP) is 2.67. The van der Waals surface area contributed by atoms with Crippen LogP contribution >= 0.6 is 0 Å². The van der Waals surface area contributed by atoms with Gasteiger partial charge in [0, 0.05) is 11.3 Å². The lowest BCUT2D eigenvalue weighted by Crippen LogP contribution is -2.28. The maximum absolute atomic E-state index is 12.4. The van der Waals surface area contributed by atoms with Crippen molar-refractivity contribution < 1.29 is 25.8 Å². The SMILES string of the molecule is Cc1ncc(OS(=O)(=O)C(F)(F)F)c2c1C1CCC1C2. The Balaban J connectivity index is 2.02. The van der Waals surface area contributed by atoms with E-state index in [1.54, 1.807) is 6.92 Å². The van der Waals surface area contributed by atoms with Gasteiger partial charge < -0.3 is 4.18 Å². The summed E-state index contributed by atoms with van der Waals surface area (Å²) in [5.41, 5.74) is -3.25. The van der Waals surface area contributed by atoms with Crippen LogP contribution in [0.4, 0.5) is 13.2 Å². The summed E-state index contributed by atoms with van der Waals surface area (Å²) in [5, 5.41) is 0. The molecule has 4 nitrogen and oxygen atoms in total. The molecule has 0 amide bonds. The molecule has 0 aliphatic heterocycles. The molecular formula is C12H12F3NO3S. The van der Waals surface area contributed by atoms with Crippen LogP contribution in [0.25, 0.3) is 0 Å². The fourth-order valence-corrected chi connectivity index (χ4v) is 3.52. The van der Waals surface area contributed by atoms with Crippen LogP contribution in [-0.2, 0) is 16.5 Å². The van der Waals surface area contributed by atoms with E-state index < -0.39 is 15.6 Å². The molecule has 0 N–H and O–H groups in total. The first-order valence-electron chi connectivity index (χ1n) is 6.20. The number of halogens is 3. The van der Waals surface area contributed by atoms with Gasteiger partial charge in [-0.05, 0) is 43.6 Å². The van der Waals surface area contributed by atoms with Crippen LogP contribution in [0.1, 0.15) is 35.6 Å². The lowest BCUT2D eigenvalue weighted by atomic mass is 9.74. The van der Waals surface area contributed by atoms with Crippen molar-refractivity contribution in [2.45, 2.75) is 37.6 Å². The van der Waals surface area contributed by atoms with E-state index in [0.29, 0.717) is 17.9 Å². The average molecular weight is 307 g/mol. The molecule has 2 aliphatic rings. The molecule has 1 aromatic heterocycles. The number of hydrogen-bond acceptors (Lipinski definition) is 4. The Kier molecular flexibility index (Phi) is 2.80. The number of pyridine rings is 1. The van der Waals surface area contributed by atoms with E-state index in [2.05, 4.69) is 9.17 Å². The van der Waals surface area contributed by atoms with Crippen molar-refractivity contribution in [3.63, 3.8) is 0 Å². The van der Waals surface area contributed by atoms with E-state index in [0.717, 1.165) is 30.3 Å². The second-order valence-electron chi connectivity index (χ2n) is 5.23. The van der Waals surface area contributed by atoms with Crippen molar-refractivity contribution >= 4 is 10.1 Å². The number of alkyl halides is 3. The third-order valence-corrected chi connectivity index (χ3v) is 5.09. The molecule has 2 unspecified atom stereocenters. The number of hydrogen-bond donors (Lipinski definition) is 0. The number of fused-ring (bicyclic) bond motifs is 3. The van der Waals surface area contributed by atoms with E-state index in [4.69, 9.17) is 0 Å². The second-order valence-corrected chi connectivity index (χ2v) is 6.77. The maximum atomic E-state index is 12.4. The van der Waals surface area contributed by atoms with Crippen molar-refractivity contribution in [1.29, 1.82) is 0 Å². The number of nitrogens with zero attached hydrogens (tertiary/aromatic N) is 1. The molecule has 110 valence electrons. The Morgan fingerprint density at radius 2 is 2.05 bits per heavy atom. The molecule has 0 saturated heterocycles. The van der Waals surface area contributed by atoms with Gasteiger partial charge in [0.2, 0.25) is 0 Å². The number of aromatic nitrogens is 1. The fraction of sp³-hybridized carbons (Fsp3) is 0.583. The molecule has 0 spiro atoms. The molecule has 0 radical (unpaired) electrons. The van der Waals surface area contributed by atoms with Crippen LogP contribution in [0.15, 0.2) is 6.20 Å². The van der Waals surface area contributed by atoms with Crippen LogP contribution in [-0.4, -0.2) is 18.9 Å². The maximum Gasteiger partial charge on any atom is 0.534 e. The summed E-state index contributed by atoms with van der Waals surface area (Å²) in [4.78, 5) is 3.98. The summed E-state index contributed by atoms with van der Waals surface area (Å²) >= 11 is 0. The van der Waals surface area contributed by atoms with Crippen molar-refractivity contribution in [3.8, 4) is 5.75 Å². The molecule has 2 atom stereocenters. The molecule has 3 rings (SSSR count). The quantitative estimate of drug-likeness (QED) is 0.622. The number of aryl methyl sites for hydroxylation is 1. The largest absolute Gasteiger partial charge is 0.534 e. The first kappa shape index (κ1) is 13.7. The summed E-state index contributed by atoms with van der Waals surface area (Å²) in [6.07, 6.45) is 3.61. The third-order valence-electron chi connectivity index (χ3n) is 4.13. The number of rotatable bonds is 2. The van der Waals surface area contributed by atoms with Gasteiger partial charge in [0.1, 0.15) is 0 Å². The summed E-state index contributed by atoms with van der Waals surface area (Å²) in [6.45, 7) is 1.78. The van der Waals surface area contributed by atoms with Crippen molar-refractivity contribution in [2.24, 2.45) is 5.92 Å². The minimum Gasteiger partial charge on any atom is -0.374 e. The highest BCUT2D eigenvalue weighted by molar-refractivity contribution is 7.88. The molecule has 20 heavy (non-hydrogen) atoms. The Hall–Kier alpha value is -1.31. The third kappa shape index (κ3) is 1.88. The van der Waals surface area contributed by atoms with Gasteiger partial charge in [-0.1, -0.05) is 0 Å². The van der Waals surface area contributed by atoms with Gasteiger partial charge in [0.05, 0.1) is 6.20 Å². The monoisotopic (exact) mass is 307 g/mol. The van der Waals surface area contributed by atoms with Gasteiger partial charge in [0.15, 0.2) is 5.75 Å². The zero-order valence-corrected chi connectivity index (χ0v) is 11.4. The Morgan fingerprint density at radius 1 is 1.35 bits per heavy atom. The van der Waals surface area contributed by atoms with E-state index in [9.17, 15) is 21.6 Å². The normalized spacial score (nSPS) is 24.8. The van der Waals surface area contributed by atoms with Gasteiger partial charge in [-0.2, -0.15) is 21.6 Å². The van der Waals surface area contributed by atoms with Crippen molar-refractivity contribution in [3.05, 3.63) is 23.0 Å². The van der Waals surface area contributed by atoms with Crippen LogP contribution in [0.2, 0.25) is 0 Å². The molecule has 1 aromatic rings. The fourth-order valence-electron chi connectivity index (χ4n) is 3.05. The minimum absolute atomic E-state index is 0.280. The molecule has 0 bridgehead atoms. The minimum atomic E-state index is -5.64. The average Bonchev–Trinajstić information content (AvgIpc) is 2.54. The Labute approximate surface area is 114 Å². The van der Waals surface area contributed by atoms with Crippen LogP contribution in [0, 0.1) is 12.8 Å². The first-order chi connectivity index (χ1) is 9.21. The van der Waals surface area contributed by atoms with E-state index in [-0.39, 0.29) is 11.7 Å². The smallest absolute Gasteiger partial charge is 0.374 e. The van der Waals surface area contributed by atoms with E-state index in [1.165, 1.54) is 0 Å². The molecule has 1 heterocycles. The first-order valence-corrected chi connectivity index (χ1v) is 7.60. The molecule has 0 aromatic carbocycles. The van der Waals surface area contributed by atoms with Gasteiger partial charge in [-0.15, -0.1) is 0 Å². The highest BCUT2D eigenvalue weighted by atomic mass is 32.2. The van der Waals surface area contributed by atoms with Crippen LogP contribution in [0.3, 0.4) is 0 Å². The lowest BCUT2D eigenvalue weighted by Gasteiger charge is -2.30. The van der Waals surface area contributed by atoms with Gasteiger partial charge in [0.25, 0.3) is 0 Å². The summed E-state index contributed by atoms with van der Waals surface area (Å²) in [7, 11) is -5.64. The molecule has 1 fully saturated rings. The molecule has 8 heteroatoms. The zero-order valence-electron chi connectivity index (χ0n) is 10.6. The summed E-state index contributed by atoms with van der Waals surface area (Å²) in [5.74, 6) is 0.385. The standard InChI is InChI=1S/C12H12F3NO3S/c1-6-11-8-3-2-7(8)4-9(11)10(5-16-6)19-20(17,18)12(13,14)15/h5,7-8H,2-4H2,1H3. The van der Waals surface area contributed by atoms with Crippen LogP contribution < -0.4 is 4.18 Å². The Morgan fingerprint density at radius 3 is 2.60 bits per heavy atom. The topological polar surface area (TPSA) is 56.3 Å². The Bertz CT molecular complexity index is 669. The highest BCUT2D eigenvalue weighted by Crippen LogP contribution is 2.54. The zero-order chi connectivity index (χ0) is 14.7. The van der Waals surface area contributed by atoms with E-state index >= 15 is 0 Å². The van der Waals surface area contributed by atoms with E-state index in [1.807, 2.05) is 0 Å². The summed E-state index contributed by atoms with van der Waals surface area (Å²) < 4.78 is 63.6. The lowest BCUT2D eigenvalue weighted by molar-refractivity contribution is -0.0500. The molecular weight excluding hydrogens is 295 g/mol. The van der Waals surface area contributed by atoms with Gasteiger partial charge in [-0.3, -0.25) is 4.98 Å². The molecule has 1 saturated carbocycles. The molecule has 2 aliphatic carbocycles.